The van der Waals surface area contributed by atoms with E-state index in [0.29, 0.717) is 0 Å². The maximum atomic E-state index is 12.5. The molecular weight excluding hydrogens is 246 g/mol. The molecule has 0 aromatic rings. The number of esters is 1. The van der Waals surface area contributed by atoms with Crippen LogP contribution in [0.15, 0.2) is 0 Å². The van der Waals surface area contributed by atoms with Crippen molar-refractivity contribution in [2.75, 3.05) is 7.11 Å². The van der Waals surface area contributed by atoms with Crippen LogP contribution in [0, 0.1) is 11.8 Å². The van der Waals surface area contributed by atoms with Gasteiger partial charge in [-0.15, -0.1) is 0 Å². The zero-order valence-corrected chi connectivity index (χ0v) is 11.7. The summed E-state index contributed by atoms with van der Waals surface area (Å²) in [6.45, 7) is 1.67. The van der Waals surface area contributed by atoms with Crippen molar-refractivity contribution >= 4 is 17.5 Å². The Bertz CT molecular complexity index is 347. The monoisotopic (exact) mass is 269 g/mol. The first-order chi connectivity index (χ1) is 9.02. The minimum atomic E-state index is -1.17. The molecule has 1 aliphatic carbocycles. The van der Waals surface area contributed by atoms with Crippen LogP contribution in [0.3, 0.4) is 0 Å². The number of methoxy groups -OCH3 is 1. The summed E-state index contributed by atoms with van der Waals surface area (Å²) in [6, 6.07) is -1.17. The summed E-state index contributed by atoms with van der Waals surface area (Å²) >= 11 is 0. The van der Waals surface area contributed by atoms with Crippen molar-refractivity contribution in [2.45, 2.75) is 51.5 Å². The van der Waals surface area contributed by atoms with E-state index in [1.54, 1.807) is 6.92 Å². The molecule has 0 amide bonds. The van der Waals surface area contributed by atoms with Crippen LogP contribution >= 0.6 is 0 Å². The summed E-state index contributed by atoms with van der Waals surface area (Å²) in [5.74, 6) is -2.32. The number of Topliss-reactive ketones (excluding diaryl/α,β-unsaturated/α-hetero) is 2. The molecule has 0 heterocycles. The van der Waals surface area contributed by atoms with E-state index in [-0.39, 0.29) is 23.9 Å². The van der Waals surface area contributed by atoms with E-state index in [9.17, 15) is 14.4 Å². The Hall–Kier alpha value is -1.23. The summed E-state index contributed by atoms with van der Waals surface area (Å²) in [5, 5.41) is 0. The van der Waals surface area contributed by atoms with Gasteiger partial charge in [0, 0.05) is 12.3 Å². The standard InChI is InChI=1S/C14H23NO4/c1-3-10(16)11(12(15)14(18)19-2)13(17)9-7-5-4-6-8-9/h9,11-12H,3-8,15H2,1-2H3. The van der Waals surface area contributed by atoms with Gasteiger partial charge in [0.25, 0.3) is 0 Å². The maximum absolute atomic E-state index is 12.5. The van der Waals surface area contributed by atoms with Crippen molar-refractivity contribution < 1.29 is 19.1 Å². The lowest BCUT2D eigenvalue weighted by Gasteiger charge is -2.26. The van der Waals surface area contributed by atoms with Crippen LogP contribution in [0.25, 0.3) is 0 Å². The number of hydrogen-bond acceptors (Lipinski definition) is 5. The first-order valence-corrected chi connectivity index (χ1v) is 6.92. The predicted octanol–water partition coefficient (Wildman–Crippen LogP) is 1.23. The summed E-state index contributed by atoms with van der Waals surface area (Å²) < 4.78 is 4.56. The Morgan fingerprint density at radius 3 is 2.26 bits per heavy atom. The molecule has 1 fully saturated rings. The lowest BCUT2D eigenvalue weighted by molar-refractivity contribution is -0.149. The van der Waals surface area contributed by atoms with Crippen LogP contribution in [0.5, 0.6) is 0 Å². The summed E-state index contributed by atoms with van der Waals surface area (Å²) in [5.41, 5.74) is 5.74. The number of ether oxygens (including phenoxy) is 1. The molecule has 1 saturated carbocycles. The molecule has 2 N–H and O–H groups in total. The fourth-order valence-electron chi connectivity index (χ4n) is 2.67. The number of rotatable bonds is 6. The molecule has 0 aromatic heterocycles. The molecule has 2 atom stereocenters. The summed E-state index contributed by atoms with van der Waals surface area (Å²) in [4.78, 5) is 35.9. The lowest BCUT2D eigenvalue weighted by Crippen LogP contribution is -2.48. The van der Waals surface area contributed by atoms with E-state index in [1.165, 1.54) is 7.11 Å². The second kappa shape index (κ2) is 7.38. The molecule has 108 valence electrons. The molecule has 0 bridgehead atoms. The molecule has 0 radical (unpaired) electrons. The SMILES string of the molecule is CCC(=O)C(C(=O)C1CCCCC1)C(N)C(=O)OC. The second-order valence-electron chi connectivity index (χ2n) is 5.08. The van der Waals surface area contributed by atoms with E-state index in [2.05, 4.69) is 4.74 Å². The first kappa shape index (κ1) is 15.8. The highest BCUT2D eigenvalue weighted by Crippen LogP contribution is 2.28. The zero-order valence-electron chi connectivity index (χ0n) is 11.7. The van der Waals surface area contributed by atoms with Gasteiger partial charge in [-0.2, -0.15) is 0 Å². The third-order valence-corrected chi connectivity index (χ3v) is 3.84. The second-order valence-corrected chi connectivity index (χ2v) is 5.08. The fraction of sp³-hybridized carbons (Fsp3) is 0.786. The maximum Gasteiger partial charge on any atom is 0.323 e. The molecule has 0 aromatic carbocycles. The van der Waals surface area contributed by atoms with Gasteiger partial charge >= 0.3 is 5.97 Å². The van der Waals surface area contributed by atoms with Gasteiger partial charge in [0.05, 0.1) is 7.11 Å². The van der Waals surface area contributed by atoms with Crippen LogP contribution in [-0.2, 0) is 19.1 Å². The Kier molecular flexibility index (Phi) is 6.15. The smallest absolute Gasteiger partial charge is 0.323 e. The average Bonchev–Trinajstić information content (AvgIpc) is 2.46. The average molecular weight is 269 g/mol. The molecule has 5 heteroatoms. The summed E-state index contributed by atoms with van der Waals surface area (Å²) in [7, 11) is 1.21. The van der Waals surface area contributed by atoms with E-state index in [1.807, 2.05) is 0 Å². The van der Waals surface area contributed by atoms with E-state index in [4.69, 9.17) is 5.73 Å². The highest BCUT2D eigenvalue weighted by Gasteiger charge is 2.39. The highest BCUT2D eigenvalue weighted by molar-refractivity contribution is 6.07. The Morgan fingerprint density at radius 2 is 1.79 bits per heavy atom. The van der Waals surface area contributed by atoms with Crippen LogP contribution in [0.1, 0.15) is 45.4 Å². The number of hydrogen-bond donors (Lipinski definition) is 1. The van der Waals surface area contributed by atoms with Crippen LogP contribution in [0.4, 0.5) is 0 Å². The Balaban J connectivity index is 2.86. The number of ketones is 2. The Morgan fingerprint density at radius 1 is 1.21 bits per heavy atom. The number of nitrogens with two attached hydrogens (primary N) is 1. The van der Waals surface area contributed by atoms with Crippen LogP contribution in [-0.4, -0.2) is 30.7 Å². The quantitative estimate of drug-likeness (QED) is 0.579. The van der Waals surface area contributed by atoms with Crippen molar-refractivity contribution in [1.29, 1.82) is 0 Å². The minimum Gasteiger partial charge on any atom is -0.468 e. The van der Waals surface area contributed by atoms with Crippen molar-refractivity contribution in [1.82, 2.24) is 0 Å². The first-order valence-electron chi connectivity index (χ1n) is 6.92. The third kappa shape index (κ3) is 3.86. The molecule has 19 heavy (non-hydrogen) atoms. The van der Waals surface area contributed by atoms with E-state index < -0.39 is 17.9 Å². The fourth-order valence-corrected chi connectivity index (χ4v) is 2.67. The van der Waals surface area contributed by atoms with Gasteiger partial charge in [-0.1, -0.05) is 26.2 Å². The lowest BCUT2D eigenvalue weighted by atomic mass is 9.77. The van der Waals surface area contributed by atoms with Gasteiger partial charge in [-0.05, 0) is 12.8 Å². The number of carbonyl (C=O) groups is 3. The molecule has 1 aliphatic rings. The predicted molar refractivity (Wildman–Crippen MR) is 70.4 cm³/mol. The van der Waals surface area contributed by atoms with Gasteiger partial charge in [-0.25, -0.2) is 0 Å². The van der Waals surface area contributed by atoms with Gasteiger partial charge in [-0.3, -0.25) is 14.4 Å². The molecule has 0 spiro atoms. The van der Waals surface area contributed by atoms with Crippen molar-refractivity contribution in [3.8, 4) is 0 Å². The van der Waals surface area contributed by atoms with Gasteiger partial charge in [0.15, 0.2) is 0 Å². The zero-order chi connectivity index (χ0) is 14.4. The highest BCUT2D eigenvalue weighted by atomic mass is 16.5. The summed E-state index contributed by atoms with van der Waals surface area (Å²) in [6.07, 6.45) is 4.90. The van der Waals surface area contributed by atoms with Crippen molar-refractivity contribution in [2.24, 2.45) is 17.6 Å². The molecule has 0 saturated heterocycles. The minimum absolute atomic E-state index is 0.134. The third-order valence-electron chi connectivity index (χ3n) is 3.84. The normalized spacial score (nSPS) is 19.5. The van der Waals surface area contributed by atoms with Gasteiger partial charge in [0.1, 0.15) is 23.5 Å². The van der Waals surface area contributed by atoms with Gasteiger partial charge < -0.3 is 10.5 Å². The van der Waals surface area contributed by atoms with E-state index >= 15 is 0 Å². The topological polar surface area (TPSA) is 86.5 Å². The molecule has 1 rings (SSSR count). The van der Waals surface area contributed by atoms with E-state index in [0.717, 1.165) is 32.1 Å². The molecule has 0 aliphatic heterocycles. The Labute approximate surface area is 113 Å². The largest absolute Gasteiger partial charge is 0.468 e. The van der Waals surface area contributed by atoms with Crippen molar-refractivity contribution in [3.05, 3.63) is 0 Å². The van der Waals surface area contributed by atoms with Gasteiger partial charge in [0.2, 0.25) is 0 Å². The van der Waals surface area contributed by atoms with Crippen LogP contribution < -0.4 is 5.73 Å². The molecular formula is C14H23NO4. The molecule has 5 nitrogen and oxygen atoms in total. The number of carbonyl (C=O) groups excluding carboxylic acids is 3. The molecule has 2 unspecified atom stereocenters. The van der Waals surface area contributed by atoms with Crippen molar-refractivity contribution in [3.63, 3.8) is 0 Å². The van der Waals surface area contributed by atoms with Crippen LogP contribution in [0.2, 0.25) is 0 Å².